The van der Waals surface area contributed by atoms with E-state index in [-0.39, 0.29) is 5.24 Å². The number of aromatic nitrogens is 3. The molecule has 1 amide bonds. The highest BCUT2D eigenvalue weighted by molar-refractivity contribution is 8.13. The van der Waals surface area contributed by atoms with Crippen molar-refractivity contribution in [1.82, 2.24) is 20.1 Å². The Kier molecular flexibility index (Phi) is 4.22. The first-order valence-electron chi connectivity index (χ1n) is 5.21. The van der Waals surface area contributed by atoms with Crippen LogP contribution in [0.1, 0.15) is 5.56 Å². The molecule has 18 heavy (non-hydrogen) atoms. The van der Waals surface area contributed by atoms with Crippen LogP contribution in [0.15, 0.2) is 35.7 Å². The third kappa shape index (κ3) is 3.24. The lowest BCUT2D eigenvalue weighted by Gasteiger charge is -2.05. The molecular weight excluding hydrogens is 272 g/mol. The van der Waals surface area contributed by atoms with Gasteiger partial charge in [-0.05, 0) is 17.7 Å². The molecular formula is C11H11ClN4OS. The summed E-state index contributed by atoms with van der Waals surface area (Å²) >= 11 is 6.84. The van der Waals surface area contributed by atoms with Crippen LogP contribution in [0.4, 0.5) is 4.79 Å². The van der Waals surface area contributed by atoms with Crippen LogP contribution in [-0.2, 0) is 6.54 Å². The molecule has 0 saturated carbocycles. The van der Waals surface area contributed by atoms with E-state index in [0.29, 0.717) is 16.7 Å². The van der Waals surface area contributed by atoms with Crippen LogP contribution in [0.3, 0.4) is 0 Å². The summed E-state index contributed by atoms with van der Waals surface area (Å²) in [6, 6.07) is 7.51. The van der Waals surface area contributed by atoms with Crippen LogP contribution in [0.5, 0.6) is 0 Å². The summed E-state index contributed by atoms with van der Waals surface area (Å²) < 4.78 is 1.81. The van der Waals surface area contributed by atoms with E-state index in [2.05, 4.69) is 15.5 Å². The van der Waals surface area contributed by atoms with Gasteiger partial charge in [-0.1, -0.05) is 23.7 Å². The third-order valence-corrected chi connectivity index (χ3v) is 3.37. The molecule has 0 radical (unpaired) electrons. The fourth-order valence-corrected chi connectivity index (χ4v) is 2.06. The Bertz CT molecular complexity index is 540. The molecule has 1 aromatic carbocycles. The van der Waals surface area contributed by atoms with Crippen LogP contribution in [-0.4, -0.2) is 27.1 Å². The quantitative estimate of drug-likeness (QED) is 0.878. The molecule has 0 atom stereocenters. The average molecular weight is 283 g/mol. The minimum absolute atomic E-state index is 0.166. The molecule has 7 heteroatoms. The summed E-state index contributed by atoms with van der Waals surface area (Å²) in [5, 5.41) is 11.3. The number of amides is 1. The number of benzene rings is 1. The number of carbonyl (C=O) groups is 1. The van der Waals surface area contributed by atoms with E-state index in [1.165, 1.54) is 0 Å². The predicted octanol–water partition coefficient (Wildman–Crippen LogP) is 2.41. The Morgan fingerprint density at radius 3 is 2.83 bits per heavy atom. The first kappa shape index (κ1) is 12.9. The van der Waals surface area contributed by atoms with Crippen LogP contribution < -0.4 is 5.32 Å². The second-order valence-electron chi connectivity index (χ2n) is 3.51. The van der Waals surface area contributed by atoms with Crippen molar-refractivity contribution < 1.29 is 4.79 Å². The zero-order valence-corrected chi connectivity index (χ0v) is 11.2. The fraction of sp³-hybridized carbons (Fsp3) is 0.182. The molecule has 1 heterocycles. The largest absolute Gasteiger partial charge is 0.350 e. The molecule has 0 unspecified atom stereocenters. The van der Waals surface area contributed by atoms with Crippen molar-refractivity contribution in [3.05, 3.63) is 41.2 Å². The van der Waals surface area contributed by atoms with E-state index >= 15 is 0 Å². The average Bonchev–Trinajstić information content (AvgIpc) is 2.79. The molecule has 94 valence electrons. The van der Waals surface area contributed by atoms with E-state index < -0.39 is 0 Å². The van der Waals surface area contributed by atoms with E-state index in [1.54, 1.807) is 13.4 Å². The van der Waals surface area contributed by atoms with E-state index in [0.717, 1.165) is 17.3 Å². The topological polar surface area (TPSA) is 59.8 Å². The highest BCUT2D eigenvalue weighted by Crippen LogP contribution is 2.17. The highest BCUT2D eigenvalue weighted by Gasteiger charge is 2.10. The van der Waals surface area contributed by atoms with Crippen molar-refractivity contribution in [2.45, 2.75) is 11.7 Å². The Morgan fingerprint density at radius 1 is 1.44 bits per heavy atom. The standard InChI is InChI=1S/C11H11ClN4OS/c1-13-11(17)18-10-15-14-7-16(10)6-8-2-4-9(12)5-3-8/h2-5,7H,6H2,1H3,(H,13,17). The molecule has 0 bridgehead atoms. The zero-order valence-electron chi connectivity index (χ0n) is 9.63. The number of rotatable bonds is 3. The summed E-state index contributed by atoms with van der Waals surface area (Å²) in [5.41, 5.74) is 1.07. The second kappa shape index (κ2) is 5.88. The fourth-order valence-electron chi connectivity index (χ4n) is 1.35. The van der Waals surface area contributed by atoms with Crippen molar-refractivity contribution in [1.29, 1.82) is 0 Å². The second-order valence-corrected chi connectivity index (χ2v) is 4.88. The minimum Gasteiger partial charge on any atom is -0.350 e. The van der Waals surface area contributed by atoms with E-state index in [4.69, 9.17) is 11.6 Å². The van der Waals surface area contributed by atoms with Crippen molar-refractivity contribution in [2.24, 2.45) is 0 Å². The van der Waals surface area contributed by atoms with Gasteiger partial charge in [0.1, 0.15) is 6.33 Å². The van der Waals surface area contributed by atoms with E-state index in [1.807, 2.05) is 28.8 Å². The lowest BCUT2D eigenvalue weighted by Crippen LogP contribution is -2.12. The maximum absolute atomic E-state index is 11.3. The van der Waals surface area contributed by atoms with Crippen molar-refractivity contribution >= 4 is 28.6 Å². The highest BCUT2D eigenvalue weighted by atomic mass is 35.5. The smallest absolute Gasteiger partial charge is 0.286 e. The Labute approximate surface area is 114 Å². The number of nitrogens with one attached hydrogen (secondary N) is 1. The monoisotopic (exact) mass is 282 g/mol. The third-order valence-electron chi connectivity index (χ3n) is 2.23. The van der Waals surface area contributed by atoms with Gasteiger partial charge < -0.3 is 9.88 Å². The van der Waals surface area contributed by atoms with Gasteiger partial charge >= 0.3 is 0 Å². The molecule has 0 aliphatic rings. The van der Waals surface area contributed by atoms with Gasteiger partial charge in [0.05, 0.1) is 6.54 Å². The molecule has 2 aromatic rings. The maximum Gasteiger partial charge on any atom is 0.286 e. The van der Waals surface area contributed by atoms with Gasteiger partial charge in [-0.15, -0.1) is 10.2 Å². The number of hydrogen-bond donors (Lipinski definition) is 1. The number of carbonyl (C=O) groups excluding carboxylic acids is 1. The first-order chi connectivity index (χ1) is 8.69. The van der Waals surface area contributed by atoms with Crippen molar-refractivity contribution in [3.63, 3.8) is 0 Å². The van der Waals surface area contributed by atoms with Gasteiger partial charge in [-0.25, -0.2) is 0 Å². The Hall–Kier alpha value is -1.53. The van der Waals surface area contributed by atoms with Crippen LogP contribution in [0.2, 0.25) is 5.02 Å². The minimum atomic E-state index is -0.166. The van der Waals surface area contributed by atoms with Gasteiger partial charge in [0.2, 0.25) is 5.16 Å². The van der Waals surface area contributed by atoms with Gasteiger partial charge in [0, 0.05) is 23.8 Å². The number of hydrogen-bond acceptors (Lipinski definition) is 4. The molecule has 0 fully saturated rings. The molecule has 0 aliphatic carbocycles. The molecule has 2 rings (SSSR count). The van der Waals surface area contributed by atoms with Gasteiger partial charge in [0.15, 0.2) is 0 Å². The molecule has 1 N–H and O–H groups in total. The van der Waals surface area contributed by atoms with Crippen LogP contribution in [0, 0.1) is 0 Å². The SMILES string of the molecule is CNC(=O)Sc1nncn1Cc1ccc(Cl)cc1. The number of thioether (sulfide) groups is 1. The predicted molar refractivity (Wildman–Crippen MR) is 70.9 cm³/mol. The van der Waals surface area contributed by atoms with Gasteiger partial charge in [0.25, 0.3) is 5.24 Å². The summed E-state index contributed by atoms with van der Waals surface area (Å²) in [7, 11) is 1.58. The summed E-state index contributed by atoms with van der Waals surface area (Å²) in [6.45, 7) is 0.601. The molecule has 0 spiro atoms. The normalized spacial score (nSPS) is 10.3. The lowest BCUT2D eigenvalue weighted by molar-refractivity contribution is 0.262. The molecule has 1 aromatic heterocycles. The summed E-state index contributed by atoms with van der Waals surface area (Å²) in [4.78, 5) is 11.3. The zero-order chi connectivity index (χ0) is 13.0. The summed E-state index contributed by atoms with van der Waals surface area (Å²) in [5.74, 6) is 0. The van der Waals surface area contributed by atoms with Crippen LogP contribution in [0.25, 0.3) is 0 Å². The maximum atomic E-state index is 11.3. The number of nitrogens with zero attached hydrogens (tertiary/aromatic N) is 3. The molecule has 0 saturated heterocycles. The van der Waals surface area contributed by atoms with E-state index in [9.17, 15) is 4.79 Å². The van der Waals surface area contributed by atoms with Gasteiger partial charge in [-0.2, -0.15) is 0 Å². The Balaban J connectivity index is 2.12. The Morgan fingerprint density at radius 2 is 2.17 bits per heavy atom. The first-order valence-corrected chi connectivity index (χ1v) is 6.40. The summed E-state index contributed by atoms with van der Waals surface area (Å²) in [6.07, 6.45) is 1.60. The number of halogens is 1. The molecule has 0 aliphatic heterocycles. The molecule has 5 nitrogen and oxygen atoms in total. The van der Waals surface area contributed by atoms with Crippen molar-refractivity contribution in [2.75, 3.05) is 7.05 Å². The van der Waals surface area contributed by atoms with Crippen molar-refractivity contribution in [3.8, 4) is 0 Å². The van der Waals surface area contributed by atoms with Gasteiger partial charge in [-0.3, -0.25) is 4.79 Å². The lowest BCUT2D eigenvalue weighted by atomic mass is 10.2. The van der Waals surface area contributed by atoms with Crippen LogP contribution >= 0.6 is 23.4 Å².